The lowest BCUT2D eigenvalue weighted by Gasteiger charge is -2.04. The Labute approximate surface area is 166 Å². The van der Waals surface area contributed by atoms with Gasteiger partial charge in [-0.25, -0.2) is 9.97 Å². The van der Waals surface area contributed by atoms with Crippen LogP contribution >= 0.6 is 11.6 Å². The van der Waals surface area contributed by atoms with E-state index in [1.54, 1.807) is 6.21 Å². The predicted molar refractivity (Wildman–Crippen MR) is 116 cm³/mol. The molecule has 0 radical (unpaired) electrons. The quantitative estimate of drug-likeness (QED) is 0.299. The van der Waals surface area contributed by atoms with Gasteiger partial charge in [0.15, 0.2) is 0 Å². The largest absolute Gasteiger partial charge is 0.338 e. The van der Waals surface area contributed by atoms with Crippen molar-refractivity contribution in [2.75, 3.05) is 0 Å². The molecular formula is C23H15ClN4. The van der Waals surface area contributed by atoms with Crippen LogP contribution in [0.4, 0.5) is 5.69 Å². The number of benzene rings is 3. The number of nitrogens with one attached hydrogen (secondary N) is 1. The van der Waals surface area contributed by atoms with Crippen LogP contribution in [0.15, 0.2) is 83.9 Å². The van der Waals surface area contributed by atoms with Crippen LogP contribution in [-0.2, 0) is 0 Å². The molecule has 5 rings (SSSR count). The number of rotatable bonds is 3. The molecule has 2 heterocycles. The molecule has 5 heteroatoms. The van der Waals surface area contributed by atoms with Crippen molar-refractivity contribution in [3.05, 3.63) is 89.6 Å². The second-order valence-electron chi connectivity index (χ2n) is 6.44. The zero-order valence-electron chi connectivity index (χ0n) is 14.8. The van der Waals surface area contributed by atoms with Crippen LogP contribution < -0.4 is 0 Å². The second kappa shape index (κ2) is 6.91. The molecule has 1 N–H and O–H groups in total. The highest BCUT2D eigenvalue weighted by Gasteiger charge is 2.09. The summed E-state index contributed by atoms with van der Waals surface area (Å²) in [5.74, 6) is 0.789. The maximum absolute atomic E-state index is 6.36. The van der Waals surface area contributed by atoms with E-state index in [1.807, 2.05) is 78.9 Å². The van der Waals surface area contributed by atoms with E-state index in [4.69, 9.17) is 11.6 Å². The van der Waals surface area contributed by atoms with Gasteiger partial charge in [0.1, 0.15) is 11.0 Å². The van der Waals surface area contributed by atoms with E-state index in [0.717, 1.165) is 44.6 Å². The molecule has 0 bridgehead atoms. The summed E-state index contributed by atoms with van der Waals surface area (Å²) >= 11 is 6.36. The highest BCUT2D eigenvalue weighted by Crippen LogP contribution is 2.30. The summed E-state index contributed by atoms with van der Waals surface area (Å²) in [7, 11) is 0. The van der Waals surface area contributed by atoms with Crippen LogP contribution in [0, 0.1) is 0 Å². The molecule has 134 valence electrons. The number of pyridine rings is 1. The van der Waals surface area contributed by atoms with E-state index in [2.05, 4.69) is 19.9 Å². The summed E-state index contributed by atoms with van der Waals surface area (Å²) in [6.07, 6.45) is 1.75. The molecule has 0 aliphatic heterocycles. The van der Waals surface area contributed by atoms with Crippen molar-refractivity contribution in [3.8, 4) is 11.4 Å². The minimum atomic E-state index is 0.434. The molecule has 3 aromatic carbocycles. The Kier molecular flexibility index (Phi) is 4.11. The van der Waals surface area contributed by atoms with Gasteiger partial charge in [0.2, 0.25) is 0 Å². The maximum Gasteiger partial charge on any atom is 0.140 e. The van der Waals surface area contributed by atoms with Crippen LogP contribution in [0.3, 0.4) is 0 Å². The minimum Gasteiger partial charge on any atom is -0.338 e. The topological polar surface area (TPSA) is 53.9 Å². The molecular weight excluding hydrogens is 368 g/mol. The second-order valence-corrected chi connectivity index (χ2v) is 6.80. The van der Waals surface area contributed by atoms with Gasteiger partial charge < -0.3 is 4.98 Å². The van der Waals surface area contributed by atoms with Gasteiger partial charge in [0.05, 0.1) is 22.2 Å². The zero-order valence-corrected chi connectivity index (χ0v) is 15.6. The third kappa shape index (κ3) is 3.04. The average Bonchev–Trinajstić information content (AvgIpc) is 3.16. The Morgan fingerprint density at radius 1 is 0.821 bits per heavy atom. The standard InChI is InChI=1S/C23H15ClN4/c24-22-16(13-15-7-1-3-9-18(15)26-22)14-25-19-10-4-2-8-17(19)23-27-20-11-5-6-12-21(20)28-23/h1-14H,(H,27,28). The van der Waals surface area contributed by atoms with Crippen LogP contribution in [0.1, 0.15) is 5.56 Å². The number of imidazole rings is 1. The first kappa shape index (κ1) is 16.7. The van der Waals surface area contributed by atoms with Gasteiger partial charge in [0.25, 0.3) is 0 Å². The van der Waals surface area contributed by atoms with Crippen molar-refractivity contribution in [2.24, 2.45) is 4.99 Å². The predicted octanol–water partition coefficient (Wildman–Crippen LogP) is 6.18. The third-order valence-electron chi connectivity index (χ3n) is 4.60. The molecule has 0 aliphatic carbocycles. The monoisotopic (exact) mass is 382 g/mol. The first-order valence-corrected chi connectivity index (χ1v) is 9.29. The molecule has 0 saturated carbocycles. The first-order chi connectivity index (χ1) is 13.8. The highest BCUT2D eigenvalue weighted by molar-refractivity contribution is 6.32. The van der Waals surface area contributed by atoms with Crippen molar-refractivity contribution in [2.45, 2.75) is 0 Å². The van der Waals surface area contributed by atoms with Crippen molar-refractivity contribution in [1.29, 1.82) is 0 Å². The number of H-pyrrole nitrogens is 1. The SMILES string of the molecule is Clc1nc2ccccc2cc1C=Nc1ccccc1-c1nc2ccccc2[nH]1. The lowest BCUT2D eigenvalue weighted by molar-refractivity contribution is 1.33. The van der Waals surface area contributed by atoms with Gasteiger partial charge in [-0.05, 0) is 36.4 Å². The average molecular weight is 383 g/mol. The van der Waals surface area contributed by atoms with Crippen LogP contribution in [0.2, 0.25) is 5.15 Å². The van der Waals surface area contributed by atoms with E-state index in [1.165, 1.54) is 0 Å². The molecule has 0 unspecified atom stereocenters. The van der Waals surface area contributed by atoms with E-state index >= 15 is 0 Å². The normalized spacial score (nSPS) is 11.6. The molecule has 5 aromatic rings. The number of hydrogen-bond acceptors (Lipinski definition) is 3. The fourth-order valence-electron chi connectivity index (χ4n) is 3.21. The van der Waals surface area contributed by atoms with Crippen molar-refractivity contribution in [1.82, 2.24) is 15.0 Å². The molecule has 0 atom stereocenters. The van der Waals surface area contributed by atoms with Crippen LogP contribution in [0.5, 0.6) is 0 Å². The molecule has 0 saturated heterocycles. The third-order valence-corrected chi connectivity index (χ3v) is 4.90. The maximum atomic E-state index is 6.36. The van der Waals surface area contributed by atoms with Crippen molar-refractivity contribution >= 4 is 45.4 Å². The van der Waals surface area contributed by atoms with E-state index in [-0.39, 0.29) is 0 Å². The summed E-state index contributed by atoms with van der Waals surface area (Å²) < 4.78 is 0. The Balaban J connectivity index is 1.57. The molecule has 28 heavy (non-hydrogen) atoms. The number of fused-ring (bicyclic) bond motifs is 2. The van der Waals surface area contributed by atoms with E-state index < -0.39 is 0 Å². The molecule has 4 nitrogen and oxygen atoms in total. The summed E-state index contributed by atoms with van der Waals surface area (Å²) in [5.41, 5.74) is 5.31. The number of nitrogens with zero attached hydrogens (tertiary/aromatic N) is 3. The fraction of sp³-hybridized carbons (Fsp3) is 0. The number of hydrogen-bond donors (Lipinski definition) is 1. The van der Waals surface area contributed by atoms with Crippen molar-refractivity contribution < 1.29 is 0 Å². The minimum absolute atomic E-state index is 0.434. The number of para-hydroxylation sites is 4. The van der Waals surface area contributed by atoms with Crippen molar-refractivity contribution in [3.63, 3.8) is 0 Å². The van der Waals surface area contributed by atoms with Crippen LogP contribution in [-0.4, -0.2) is 21.2 Å². The van der Waals surface area contributed by atoms with Gasteiger partial charge >= 0.3 is 0 Å². The summed E-state index contributed by atoms with van der Waals surface area (Å²) in [5, 5.41) is 1.46. The van der Waals surface area contributed by atoms with Gasteiger partial charge in [0, 0.05) is 22.7 Å². The summed E-state index contributed by atoms with van der Waals surface area (Å²) in [6.45, 7) is 0. The molecule has 2 aromatic heterocycles. The Morgan fingerprint density at radius 2 is 1.57 bits per heavy atom. The van der Waals surface area contributed by atoms with Crippen LogP contribution in [0.25, 0.3) is 33.3 Å². The zero-order chi connectivity index (χ0) is 18.9. The molecule has 0 fully saturated rings. The van der Waals surface area contributed by atoms with Gasteiger partial charge in [-0.15, -0.1) is 0 Å². The Morgan fingerprint density at radius 3 is 2.46 bits per heavy atom. The summed E-state index contributed by atoms with van der Waals surface area (Å²) in [4.78, 5) is 17.2. The van der Waals surface area contributed by atoms with E-state index in [9.17, 15) is 0 Å². The number of aromatic nitrogens is 3. The first-order valence-electron chi connectivity index (χ1n) is 8.91. The Bertz CT molecular complexity index is 1300. The highest BCUT2D eigenvalue weighted by atomic mass is 35.5. The lowest BCUT2D eigenvalue weighted by Crippen LogP contribution is -1.89. The smallest absolute Gasteiger partial charge is 0.140 e. The lowest BCUT2D eigenvalue weighted by atomic mass is 10.1. The Hall–Kier alpha value is -3.50. The van der Waals surface area contributed by atoms with Gasteiger partial charge in [-0.1, -0.05) is 54.1 Å². The van der Waals surface area contributed by atoms with Gasteiger partial charge in [-0.2, -0.15) is 0 Å². The fourth-order valence-corrected chi connectivity index (χ4v) is 3.40. The van der Waals surface area contributed by atoms with E-state index in [0.29, 0.717) is 5.15 Å². The number of halogens is 1. The number of aliphatic imine (C=N–C) groups is 1. The molecule has 0 spiro atoms. The summed E-state index contributed by atoms with van der Waals surface area (Å²) in [6, 6.07) is 25.8. The van der Waals surface area contributed by atoms with Gasteiger partial charge in [-0.3, -0.25) is 4.99 Å². The number of aromatic amines is 1. The molecule has 0 amide bonds. The molecule has 0 aliphatic rings.